The number of hydrogen-bond donors (Lipinski definition) is 2. The van der Waals surface area contributed by atoms with E-state index in [0.29, 0.717) is 64.5 Å². The molecular formula is C29H28F2N6O3. The predicted octanol–water partition coefficient (Wildman–Crippen LogP) is 3.73. The van der Waals surface area contributed by atoms with Crippen molar-refractivity contribution >= 4 is 28.4 Å². The van der Waals surface area contributed by atoms with Crippen molar-refractivity contribution in [2.45, 2.75) is 18.9 Å². The van der Waals surface area contributed by atoms with Crippen LogP contribution in [0.4, 0.5) is 20.2 Å². The minimum Gasteiger partial charge on any atom is -0.477 e. The van der Waals surface area contributed by atoms with Gasteiger partial charge in [0, 0.05) is 92.2 Å². The molecule has 1 aromatic carbocycles. The van der Waals surface area contributed by atoms with Crippen LogP contribution in [0.1, 0.15) is 28.0 Å². The second kappa shape index (κ2) is 9.37. The van der Waals surface area contributed by atoms with Crippen LogP contribution in [0.25, 0.3) is 33.3 Å². The Morgan fingerprint density at radius 2 is 1.95 bits per heavy atom. The van der Waals surface area contributed by atoms with E-state index in [-0.39, 0.29) is 22.6 Å². The molecular weight excluding hydrogens is 518 g/mol. The molecule has 2 aliphatic rings. The number of aromatic nitrogens is 3. The number of carboxylic acids is 1. The summed E-state index contributed by atoms with van der Waals surface area (Å²) in [5.41, 5.74) is 3.68. The minimum absolute atomic E-state index is 0.147. The van der Waals surface area contributed by atoms with Crippen molar-refractivity contribution < 1.29 is 18.7 Å². The predicted molar refractivity (Wildman–Crippen MR) is 149 cm³/mol. The molecule has 40 heavy (non-hydrogen) atoms. The molecule has 0 radical (unpaired) electrons. The summed E-state index contributed by atoms with van der Waals surface area (Å²) >= 11 is 0. The van der Waals surface area contributed by atoms with Gasteiger partial charge in [-0.1, -0.05) is 0 Å². The Morgan fingerprint density at radius 1 is 1.18 bits per heavy atom. The monoisotopic (exact) mass is 546 g/mol. The molecule has 206 valence electrons. The van der Waals surface area contributed by atoms with Crippen LogP contribution >= 0.6 is 0 Å². The lowest BCUT2D eigenvalue weighted by Crippen LogP contribution is -2.31. The number of halogens is 2. The Bertz CT molecular complexity index is 1780. The molecule has 1 aliphatic carbocycles. The Morgan fingerprint density at radius 3 is 2.62 bits per heavy atom. The number of nitrogens with zero attached hydrogens (tertiary/aromatic N) is 5. The van der Waals surface area contributed by atoms with Crippen LogP contribution in [0.5, 0.6) is 0 Å². The average molecular weight is 547 g/mol. The highest BCUT2D eigenvalue weighted by Crippen LogP contribution is 2.50. The van der Waals surface area contributed by atoms with E-state index in [2.05, 4.69) is 25.1 Å². The van der Waals surface area contributed by atoms with Crippen molar-refractivity contribution in [2.75, 3.05) is 44.4 Å². The van der Waals surface area contributed by atoms with Gasteiger partial charge >= 0.3 is 5.97 Å². The number of anilines is 2. The highest BCUT2D eigenvalue weighted by atomic mass is 19.2. The maximum absolute atomic E-state index is 15.6. The Hall–Kier alpha value is -4.38. The summed E-state index contributed by atoms with van der Waals surface area (Å²) < 4.78 is 31.9. The fourth-order valence-corrected chi connectivity index (χ4v) is 6.00. The molecule has 3 aromatic heterocycles. The van der Waals surface area contributed by atoms with E-state index in [9.17, 15) is 19.1 Å². The highest BCUT2D eigenvalue weighted by molar-refractivity contribution is 5.98. The lowest BCUT2D eigenvalue weighted by Gasteiger charge is -2.27. The first-order valence-corrected chi connectivity index (χ1v) is 13.0. The fourth-order valence-electron chi connectivity index (χ4n) is 6.00. The zero-order valence-corrected chi connectivity index (χ0v) is 22.5. The van der Waals surface area contributed by atoms with E-state index in [1.165, 1.54) is 16.8 Å². The molecule has 9 nitrogen and oxygen atoms in total. The van der Waals surface area contributed by atoms with Gasteiger partial charge in [0.05, 0.1) is 16.8 Å². The quantitative estimate of drug-likeness (QED) is 0.344. The number of carboxylic acid groups (broad SMARTS) is 1. The van der Waals surface area contributed by atoms with Crippen molar-refractivity contribution in [2.24, 2.45) is 7.05 Å². The third kappa shape index (κ3) is 3.83. The van der Waals surface area contributed by atoms with Gasteiger partial charge in [-0.05, 0) is 32.1 Å². The number of fused-ring (bicyclic) bond motifs is 4. The molecule has 0 saturated carbocycles. The molecule has 1 atom stereocenters. The van der Waals surface area contributed by atoms with Gasteiger partial charge in [-0.3, -0.25) is 9.78 Å². The number of nitrogens with one attached hydrogen (secondary N) is 1. The van der Waals surface area contributed by atoms with Crippen molar-refractivity contribution in [1.82, 2.24) is 19.4 Å². The number of aromatic carboxylic acids is 1. The normalized spacial score (nSPS) is 16.1. The third-order valence-electron chi connectivity index (χ3n) is 8.08. The number of rotatable bonds is 5. The fraction of sp³-hybridized carbons (Fsp3) is 0.310. The summed E-state index contributed by atoms with van der Waals surface area (Å²) in [7, 11) is 7.32. The molecule has 1 aliphatic heterocycles. The molecule has 2 N–H and O–H groups in total. The smallest absolute Gasteiger partial charge is 0.341 e. The van der Waals surface area contributed by atoms with E-state index in [1.807, 2.05) is 14.1 Å². The molecule has 1 saturated heterocycles. The Kier molecular flexibility index (Phi) is 6.06. The summed E-state index contributed by atoms with van der Waals surface area (Å²) in [5, 5.41) is 12.7. The van der Waals surface area contributed by atoms with Crippen LogP contribution in [0, 0.1) is 11.6 Å². The average Bonchev–Trinajstić information content (AvgIpc) is 3.58. The van der Waals surface area contributed by atoms with Crippen molar-refractivity contribution in [1.29, 1.82) is 0 Å². The largest absolute Gasteiger partial charge is 0.477 e. The molecule has 6 rings (SSSR count). The Labute approximate surface area is 228 Å². The molecule has 1 fully saturated rings. The number of hydrogen-bond acceptors (Lipinski definition) is 7. The number of likely N-dealkylation sites (N-methyl/N-ethyl adjacent to an activating group) is 1. The highest BCUT2D eigenvalue weighted by Gasteiger charge is 2.36. The van der Waals surface area contributed by atoms with E-state index in [1.54, 1.807) is 32.6 Å². The summed E-state index contributed by atoms with van der Waals surface area (Å²) in [6.07, 6.45) is 5.76. The molecule has 0 bridgehead atoms. The van der Waals surface area contributed by atoms with Crippen LogP contribution in [0.15, 0.2) is 35.5 Å². The van der Waals surface area contributed by atoms with Crippen LogP contribution in [0.2, 0.25) is 0 Å². The summed E-state index contributed by atoms with van der Waals surface area (Å²) in [6, 6.07) is 3.03. The molecule has 0 amide bonds. The first kappa shape index (κ1) is 25.9. The maximum Gasteiger partial charge on any atom is 0.341 e. The van der Waals surface area contributed by atoms with Gasteiger partial charge in [0.1, 0.15) is 11.2 Å². The number of pyridine rings is 3. The minimum atomic E-state index is -1.32. The number of benzene rings is 1. The van der Waals surface area contributed by atoms with Gasteiger partial charge in [-0.2, -0.15) is 0 Å². The van der Waals surface area contributed by atoms with Crippen molar-refractivity contribution in [3.05, 3.63) is 69.4 Å². The molecule has 0 spiro atoms. The van der Waals surface area contributed by atoms with Crippen LogP contribution in [-0.2, 0) is 13.5 Å². The van der Waals surface area contributed by atoms with Crippen molar-refractivity contribution in [3.8, 4) is 22.3 Å². The van der Waals surface area contributed by atoms with E-state index in [0.717, 1.165) is 6.42 Å². The van der Waals surface area contributed by atoms with Gasteiger partial charge < -0.3 is 24.8 Å². The lowest BCUT2D eigenvalue weighted by molar-refractivity contribution is 0.0695. The first-order valence-electron chi connectivity index (χ1n) is 13.0. The van der Waals surface area contributed by atoms with Gasteiger partial charge in [0.25, 0.3) is 0 Å². The molecule has 4 aromatic rings. The van der Waals surface area contributed by atoms with Gasteiger partial charge in [-0.15, -0.1) is 0 Å². The SMILES string of the molecule is CNc1cc(F)c(F)c2c1Cc1ncc(-c3cnc4c(c3)c(=O)c(C(=O)O)cn4C)c(N3CC[C@H](N(C)C)C3)c1-2. The van der Waals surface area contributed by atoms with E-state index in [4.69, 9.17) is 0 Å². The zero-order chi connectivity index (χ0) is 28.5. The topological polar surface area (TPSA) is 104 Å². The van der Waals surface area contributed by atoms with E-state index >= 15 is 4.39 Å². The van der Waals surface area contributed by atoms with Crippen molar-refractivity contribution in [3.63, 3.8) is 0 Å². The first-order chi connectivity index (χ1) is 19.1. The molecule has 4 heterocycles. The summed E-state index contributed by atoms with van der Waals surface area (Å²) in [6.45, 7) is 1.34. The third-order valence-corrected chi connectivity index (χ3v) is 8.08. The second-order valence-corrected chi connectivity index (χ2v) is 10.6. The number of carbonyl (C=O) groups is 1. The van der Waals surface area contributed by atoms with Gasteiger partial charge in [0.2, 0.25) is 5.43 Å². The summed E-state index contributed by atoms with van der Waals surface area (Å²) in [5.74, 6) is -3.20. The van der Waals surface area contributed by atoms with Gasteiger partial charge in [0.15, 0.2) is 11.6 Å². The molecule has 11 heteroatoms. The second-order valence-electron chi connectivity index (χ2n) is 10.6. The van der Waals surface area contributed by atoms with Crippen LogP contribution in [-0.4, -0.2) is 70.8 Å². The van der Waals surface area contributed by atoms with Crippen LogP contribution < -0.4 is 15.6 Å². The van der Waals surface area contributed by atoms with Gasteiger partial charge in [-0.25, -0.2) is 18.6 Å². The van der Waals surface area contributed by atoms with E-state index < -0.39 is 23.0 Å². The number of aryl methyl sites for hydroxylation is 1. The lowest BCUT2D eigenvalue weighted by atomic mass is 9.97. The standard InChI is InChI=1S/C29H28F2N6O3/c1-32-21-9-20(30)25(31)23-16(21)8-22-24(23)26(37-6-5-15(12-37)35(2)3)18(11-33-22)14-7-17-27(38)19(29(39)40)13-36(4)28(17)34-10-14/h7,9-11,13,15,32H,5-6,8,12H2,1-4H3,(H,39,40)/t15-/m0/s1. The van der Waals surface area contributed by atoms with Crippen LogP contribution in [0.3, 0.4) is 0 Å². The Balaban J connectivity index is 1.64. The summed E-state index contributed by atoms with van der Waals surface area (Å²) in [4.78, 5) is 38.3. The zero-order valence-electron chi connectivity index (χ0n) is 22.5. The molecule has 0 unspecified atom stereocenters. The maximum atomic E-state index is 15.6.